The predicted octanol–water partition coefficient (Wildman–Crippen LogP) is -1.32. The summed E-state index contributed by atoms with van der Waals surface area (Å²) in [5.74, 6) is -2.44. The number of imide groups is 1. The van der Waals surface area contributed by atoms with E-state index in [1.807, 2.05) is 5.32 Å². The number of carboxylic acid groups (broad SMARTS) is 1. The van der Waals surface area contributed by atoms with Crippen LogP contribution in [0, 0.1) is 0 Å². The highest BCUT2D eigenvalue weighted by atomic mass is 16.4. The van der Waals surface area contributed by atoms with Crippen LogP contribution in [0.1, 0.15) is 6.92 Å². The maximum absolute atomic E-state index is 11.6. The molecule has 4 amide bonds. The minimum absolute atomic E-state index is 0.286. The molecule has 0 saturated carbocycles. The molecule has 8 nitrogen and oxygen atoms in total. The molecule has 18 heavy (non-hydrogen) atoms. The number of rotatable bonds is 2. The summed E-state index contributed by atoms with van der Waals surface area (Å²) in [6.45, 7) is 2.13. The largest absolute Gasteiger partial charge is 0.478 e. The van der Waals surface area contributed by atoms with E-state index in [9.17, 15) is 19.2 Å². The first-order valence-corrected chi connectivity index (χ1v) is 5.22. The fourth-order valence-electron chi connectivity index (χ4n) is 1.43. The number of aliphatic carboxylic acids is 1. The van der Waals surface area contributed by atoms with Gasteiger partial charge < -0.3 is 15.3 Å². The van der Waals surface area contributed by atoms with Crippen LogP contribution in [0.4, 0.5) is 4.79 Å². The van der Waals surface area contributed by atoms with Crippen molar-refractivity contribution in [3.63, 3.8) is 0 Å². The smallest absolute Gasteiger partial charge is 0.328 e. The van der Waals surface area contributed by atoms with E-state index in [1.54, 1.807) is 0 Å². The number of carbonyl (C=O) groups excluding carboxylic acids is 3. The SMILES string of the molecule is CC1C(=O)NCCN1C(=O)NC(=O)C=CC(=O)O. The van der Waals surface area contributed by atoms with Crippen molar-refractivity contribution in [2.24, 2.45) is 0 Å². The van der Waals surface area contributed by atoms with Gasteiger partial charge in [-0.2, -0.15) is 0 Å². The van der Waals surface area contributed by atoms with Gasteiger partial charge in [-0.15, -0.1) is 0 Å². The van der Waals surface area contributed by atoms with Gasteiger partial charge in [0.15, 0.2) is 0 Å². The number of carboxylic acids is 1. The maximum atomic E-state index is 11.6. The van der Waals surface area contributed by atoms with Gasteiger partial charge in [-0.1, -0.05) is 0 Å². The molecule has 0 aromatic heterocycles. The molecule has 0 radical (unpaired) electrons. The van der Waals surface area contributed by atoms with E-state index in [2.05, 4.69) is 5.32 Å². The minimum Gasteiger partial charge on any atom is -0.478 e. The Morgan fingerprint density at radius 1 is 1.44 bits per heavy atom. The molecule has 1 atom stereocenters. The number of hydrogen-bond acceptors (Lipinski definition) is 4. The fourth-order valence-corrected chi connectivity index (χ4v) is 1.43. The molecular weight excluding hydrogens is 242 g/mol. The van der Waals surface area contributed by atoms with Gasteiger partial charge in [-0.3, -0.25) is 14.9 Å². The summed E-state index contributed by atoms with van der Waals surface area (Å²) in [4.78, 5) is 45.5. The molecule has 1 aliphatic rings. The molecule has 1 rings (SSSR count). The van der Waals surface area contributed by atoms with Crippen LogP contribution < -0.4 is 10.6 Å². The van der Waals surface area contributed by atoms with Crippen LogP contribution >= 0.6 is 0 Å². The highest BCUT2D eigenvalue weighted by Crippen LogP contribution is 2.03. The van der Waals surface area contributed by atoms with Gasteiger partial charge in [0.1, 0.15) is 6.04 Å². The summed E-state index contributed by atoms with van der Waals surface area (Å²) in [6, 6.07) is -1.40. The van der Waals surface area contributed by atoms with Crippen LogP contribution in [0.3, 0.4) is 0 Å². The second-order valence-corrected chi connectivity index (χ2v) is 3.63. The van der Waals surface area contributed by atoms with Crippen molar-refractivity contribution in [2.75, 3.05) is 13.1 Å². The Hall–Kier alpha value is -2.38. The summed E-state index contributed by atoms with van der Waals surface area (Å²) in [6.07, 6.45) is 1.35. The number of carbonyl (C=O) groups is 4. The Morgan fingerprint density at radius 2 is 2.11 bits per heavy atom. The first-order chi connectivity index (χ1) is 8.41. The van der Waals surface area contributed by atoms with Crippen LogP contribution in [0.25, 0.3) is 0 Å². The van der Waals surface area contributed by atoms with Crippen LogP contribution in [0.15, 0.2) is 12.2 Å². The summed E-state index contributed by atoms with van der Waals surface area (Å²) in [7, 11) is 0. The standard InChI is InChI=1S/C10H13N3O5/c1-6-9(17)11-4-5-13(6)10(18)12-7(14)2-3-8(15)16/h2-3,6H,4-5H2,1H3,(H,11,17)(H,15,16)(H,12,14,18). The molecule has 3 N–H and O–H groups in total. The van der Waals surface area contributed by atoms with Gasteiger partial charge in [-0.05, 0) is 6.92 Å². The number of nitrogens with zero attached hydrogens (tertiary/aromatic N) is 1. The van der Waals surface area contributed by atoms with Gasteiger partial charge in [0, 0.05) is 25.2 Å². The lowest BCUT2D eigenvalue weighted by Crippen LogP contribution is -2.58. The quantitative estimate of drug-likeness (QED) is 0.529. The van der Waals surface area contributed by atoms with E-state index in [-0.39, 0.29) is 12.5 Å². The lowest BCUT2D eigenvalue weighted by molar-refractivity contribution is -0.131. The van der Waals surface area contributed by atoms with Gasteiger partial charge in [0.25, 0.3) is 5.91 Å². The fraction of sp³-hybridized carbons (Fsp3) is 0.400. The van der Waals surface area contributed by atoms with E-state index < -0.39 is 23.9 Å². The second kappa shape index (κ2) is 5.80. The Morgan fingerprint density at radius 3 is 2.72 bits per heavy atom. The zero-order valence-electron chi connectivity index (χ0n) is 9.67. The number of amides is 4. The topological polar surface area (TPSA) is 116 Å². The third-order valence-electron chi connectivity index (χ3n) is 2.37. The van der Waals surface area contributed by atoms with Gasteiger partial charge in [0.2, 0.25) is 5.91 Å². The lowest BCUT2D eigenvalue weighted by atomic mass is 10.2. The Kier molecular flexibility index (Phi) is 4.41. The normalized spacial score (nSPS) is 19.5. The third-order valence-corrected chi connectivity index (χ3v) is 2.37. The van der Waals surface area contributed by atoms with E-state index in [0.29, 0.717) is 12.6 Å². The monoisotopic (exact) mass is 255 g/mol. The molecule has 98 valence electrons. The lowest BCUT2D eigenvalue weighted by Gasteiger charge is -2.32. The van der Waals surface area contributed by atoms with E-state index in [4.69, 9.17) is 5.11 Å². The highest BCUT2D eigenvalue weighted by Gasteiger charge is 2.29. The molecule has 1 saturated heterocycles. The molecule has 0 spiro atoms. The van der Waals surface area contributed by atoms with Crippen molar-refractivity contribution >= 4 is 23.8 Å². The number of hydrogen-bond donors (Lipinski definition) is 3. The van der Waals surface area contributed by atoms with Crippen molar-refractivity contribution < 1.29 is 24.3 Å². The molecule has 0 aromatic rings. The summed E-state index contributed by atoms with van der Waals surface area (Å²) >= 11 is 0. The first kappa shape index (κ1) is 13.7. The third kappa shape index (κ3) is 3.58. The van der Waals surface area contributed by atoms with Crippen LogP contribution in [0.2, 0.25) is 0 Å². The van der Waals surface area contributed by atoms with Crippen LogP contribution in [0.5, 0.6) is 0 Å². The van der Waals surface area contributed by atoms with Crippen LogP contribution in [-0.4, -0.2) is 53.0 Å². The first-order valence-electron chi connectivity index (χ1n) is 5.22. The number of piperazine rings is 1. The molecule has 0 bridgehead atoms. The van der Waals surface area contributed by atoms with Crippen molar-refractivity contribution in [3.05, 3.63) is 12.2 Å². The van der Waals surface area contributed by atoms with Crippen molar-refractivity contribution in [1.82, 2.24) is 15.5 Å². The van der Waals surface area contributed by atoms with Gasteiger partial charge >= 0.3 is 12.0 Å². The zero-order chi connectivity index (χ0) is 13.7. The zero-order valence-corrected chi connectivity index (χ0v) is 9.67. The molecule has 1 fully saturated rings. The van der Waals surface area contributed by atoms with Crippen molar-refractivity contribution in [1.29, 1.82) is 0 Å². The van der Waals surface area contributed by atoms with E-state index >= 15 is 0 Å². The Balaban J connectivity index is 2.57. The van der Waals surface area contributed by atoms with E-state index in [1.165, 1.54) is 11.8 Å². The summed E-state index contributed by atoms with van der Waals surface area (Å²) in [5, 5.41) is 12.9. The second-order valence-electron chi connectivity index (χ2n) is 3.63. The summed E-state index contributed by atoms with van der Waals surface area (Å²) < 4.78 is 0. The number of nitrogens with one attached hydrogen (secondary N) is 2. The van der Waals surface area contributed by atoms with Gasteiger partial charge in [-0.25, -0.2) is 9.59 Å². The van der Waals surface area contributed by atoms with E-state index in [0.717, 1.165) is 6.08 Å². The summed E-state index contributed by atoms with van der Waals surface area (Å²) in [5.41, 5.74) is 0. The molecule has 8 heteroatoms. The Bertz CT molecular complexity index is 418. The maximum Gasteiger partial charge on any atom is 0.328 e. The molecule has 1 unspecified atom stereocenters. The molecule has 0 aliphatic carbocycles. The van der Waals surface area contributed by atoms with Crippen molar-refractivity contribution in [2.45, 2.75) is 13.0 Å². The average molecular weight is 255 g/mol. The average Bonchev–Trinajstić information content (AvgIpc) is 2.30. The van der Waals surface area contributed by atoms with Crippen LogP contribution in [-0.2, 0) is 14.4 Å². The Labute approximate surface area is 103 Å². The highest BCUT2D eigenvalue weighted by molar-refractivity contribution is 6.03. The molecule has 1 aliphatic heterocycles. The molecule has 0 aromatic carbocycles. The molecule has 1 heterocycles. The minimum atomic E-state index is -1.29. The number of urea groups is 1. The van der Waals surface area contributed by atoms with Gasteiger partial charge in [0.05, 0.1) is 0 Å². The van der Waals surface area contributed by atoms with Crippen molar-refractivity contribution in [3.8, 4) is 0 Å². The predicted molar refractivity (Wildman–Crippen MR) is 59.5 cm³/mol. The molecular formula is C10H13N3O5.